The molecule has 4 aromatic carbocycles. The van der Waals surface area contributed by atoms with Crippen LogP contribution in [0, 0.1) is 41.5 Å². The molecule has 3 aliphatic rings. The van der Waals surface area contributed by atoms with Crippen LogP contribution in [0.3, 0.4) is 0 Å². The number of hydrogen-bond donors (Lipinski definition) is 2. The van der Waals surface area contributed by atoms with Gasteiger partial charge in [-0.25, -0.2) is 0 Å². The van der Waals surface area contributed by atoms with Gasteiger partial charge in [0.15, 0.2) is 0 Å². The molecule has 1 saturated heterocycles. The zero-order valence-electron chi connectivity index (χ0n) is 44.4. The molecule has 0 spiro atoms. The summed E-state index contributed by atoms with van der Waals surface area (Å²) in [6.45, 7) is 28.7. The molecule has 6 aromatic rings. The zero-order valence-corrected chi connectivity index (χ0v) is 44.4. The number of aryl methyl sites for hydroxylation is 6. The van der Waals surface area contributed by atoms with Crippen molar-refractivity contribution >= 4 is 53.7 Å². The Morgan fingerprint density at radius 2 is 1.08 bits per heavy atom. The molecule has 0 bridgehead atoms. The third-order valence-electron chi connectivity index (χ3n) is 14.3. The van der Waals surface area contributed by atoms with Crippen LogP contribution in [0.15, 0.2) is 101 Å². The standard InChI is InChI=1S/C25H27N3O3.C22H24N2O2.C11H18BNO3/c1-5-6-13-28-23(24(29)26-21-10-8-7-9-20(21)25(28)30)18-11-12-19(15(2)14-18)22-16(3)27-31-17(22)4;1-4-6-13-24-20(17-12-11-16(5-2)15(3)14-17)21(25)23-19-10-8-7-9-18(19)22(24)26;1-7-9(8(2)14-13-7)12-15-10(3,4)11(5,6)16-12/h7-12,14,23H,5-6,13H2,1-4H3,(H,26,29);5,7-12,14,20H,2,4,6,13H2,1,3H3,(H,23,25);1-6H3. The first-order chi connectivity index (χ1) is 34.7. The van der Waals surface area contributed by atoms with E-state index < -0.39 is 12.1 Å². The minimum Gasteiger partial charge on any atom is -0.399 e. The summed E-state index contributed by atoms with van der Waals surface area (Å²) in [7, 11) is -0.378. The molecule has 2 aromatic heterocycles. The average Bonchev–Trinajstić information content (AvgIpc) is 3.89. The number of anilines is 2. The van der Waals surface area contributed by atoms with Crippen molar-refractivity contribution in [1.82, 2.24) is 20.1 Å². The average molecular weight is 989 g/mol. The maximum Gasteiger partial charge on any atom is 0.500 e. The monoisotopic (exact) mass is 989 g/mol. The number of carbonyl (C=O) groups excluding carboxylic acids is 4. The van der Waals surface area contributed by atoms with E-state index in [1.807, 2.05) is 130 Å². The van der Waals surface area contributed by atoms with Crippen molar-refractivity contribution in [3.63, 3.8) is 0 Å². The molecule has 2 unspecified atom stereocenters. The fourth-order valence-corrected chi connectivity index (χ4v) is 9.46. The molecule has 3 aliphatic heterocycles. The van der Waals surface area contributed by atoms with Crippen molar-refractivity contribution in [2.45, 2.75) is 132 Å². The first-order valence-electron chi connectivity index (χ1n) is 25.2. The van der Waals surface area contributed by atoms with E-state index in [4.69, 9.17) is 18.4 Å². The van der Waals surface area contributed by atoms with Gasteiger partial charge in [0, 0.05) is 24.1 Å². The Hall–Kier alpha value is -7.10. The lowest BCUT2D eigenvalue weighted by Gasteiger charge is -2.32. The minimum atomic E-state index is -0.691. The third kappa shape index (κ3) is 11.1. The number of hydrogen-bond acceptors (Lipinski definition) is 10. The summed E-state index contributed by atoms with van der Waals surface area (Å²) in [6.07, 6.45) is 5.36. The van der Waals surface area contributed by atoms with Crippen molar-refractivity contribution in [2.24, 2.45) is 0 Å². The van der Waals surface area contributed by atoms with E-state index in [9.17, 15) is 19.2 Å². The molecule has 15 heteroatoms. The van der Waals surface area contributed by atoms with Gasteiger partial charge in [0.2, 0.25) is 0 Å². The second kappa shape index (κ2) is 22.3. The van der Waals surface area contributed by atoms with Crippen LogP contribution < -0.4 is 16.1 Å². The molecule has 14 nitrogen and oxygen atoms in total. The zero-order chi connectivity index (χ0) is 52.9. The molecular formula is C58H69BN6O8. The number of rotatable bonds is 11. The summed E-state index contributed by atoms with van der Waals surface area (Å²) in [4.78, 5) is 56.4. The molecule has 0 radical (unpaired) electrons. The lowest BCUT2D eigenvalue weighted by atomic mass is 9.77. The van der Waals surface area contributed by atoms with E-state index in [1.165, 1.54) is 0 Å². The van der Waals surface area contributed by atoms with Crippen molar-refractivity contribution in [1.29, 1.82) is 0 Å². The highest BCUT2D eigenvalue weighted by atomic mass is 16.7. The highest BCUT2D eigenvalue weighted by molar-refractivity contribution is 6.63. The molecule has 2 atom stereocenters. The van der Waals surface area contributed by atoms with Gasteiger partial charge in [-0.15, -0.1) is 0 Å². The number of para-hydroxylation sites is 2. The Bertz CT molecular complexity index is 2970. The molecule has 382 valence electrons. The van der Waals surface area contributed by atoms with Gasteiger partial charge in [0.05, 0.1) is 45.1 Å². The number of carbonyl (C=O) groups is 4. The Morgan fingerprint density at radius 3 is 1.51 bits per heavy atom. The van der Waals surface area contributed by atoms with E-state index in [-0.39, 0.29) is 41.9 Å². The summed E-state index contributed by atoms with van der Waals surface area (Å²) in [6, 6.07) is 24.8. The molecule has 0 saturated carbocycles. The highest BCUT2D eigenvalue weighted by Gasteiger charge is 2.53. The van der Waals surface area contributed by atoms with Crippen molar-refractivity contribution in [3.8, 4) is 11.1 Å². The number of fused-ring (bicyclic) bond motifs is 2. The van der Waals surface area contributed by atoms with E-state index in [2.05, 4.69) is 41.4 Å². The Labute approximate surface area is 430 Å². The second-order valence-electron chi connectivity index (χ2n) is 20.0. The third-order valence-corrected chi connectivity index (χ3v) is 14.3. The van der Waals surface area contributed by atoms with Gasteiger partial charge in [0.1, 0.15) is 23.6 Å². The summed E-state index contributed by atoms with van der Waals surface area (Å²) < 4.78 is 22.4. The fourth-order valence-electron chi connectivity index (χ4n) is 9.46. The quantitative estimate of drug-likeness (QED) is 0.119. The minimum absolute atomic E-state index is 0.108. The summed E-state index contributed by atoms with van der Waals surface area (Å²) in [5.74, 6) is 0.915. The van der Waals surface area contributed by atoms with Crippen molar-refractivity contribution < 1.29 is 37.5 Å². The normalized spacial score (nSPS) is 17.8. The van der Waals surface area contributed by atoms with Gasteiger partial charge >= 0.3 is 7.12 Å². The number of unbranched alkanes of at least 4 members (excludes halogenated alkanes) is 2. The number of aromatic nitrogens is 2. The lowest BCUT2D eigenvalue weighted by Crippen LogP contribution is -2.41. The highest BCUT2D eigenvalue weighted by Crippen LogP contribution is 2.38. The number of benzene rings is 4. The van der Waals surface area contributed by atoms with Gasteiger partial charge in [-0.3, -0.25) is 19.2 Å². The molecule has 1 fully saturated rings. The SMILES string of the molecule is C=Cc1ccc(C2C(=O)Nc3ccccc3C(=O)N2CCCC)cc1C.CCCCN1C(=O)c2ccccc2NC(=O)C1c1ccc(-c2c(C)noc2C)c(C)c1.Cc1noc(C)c1B1OC(C)(C)C(C)(C)O1. The molecule has 73 heavy (non-hydrogen) atoms. The molecular weight excluding hydrogens is 919 g/mol. The van der Waals surface area contributed by atoms with Crippen LogP contribution >= 0.6 is 0 Å². The maximum absolute atomic E-state index is 13.4. The predicted octanol–water partition coefficient (Wildman–Crippen LogP) is 11.4. The maximum atomic E-state index is 13.4. The largest absolute Gasteiger partial charge is 0.500 e. The van der Waals surface area contributed by atoms with Crippen LogP contribution in [0.25, 0.3) is 17.2 Å². The molecule has 4 amide bonds. The Morgan fingerprint density at radius 1 is 0.616 bits per heavy atom. The molecule has 2 N–H and O–H groups in total. The van der Waals surface area contributed by atoms with Crippen molar-refractivity contribution in [2.75, 3.05) is 23.7 Å². The van der Waals surface area contributed by atoms with Crippen LogP contribution in [0.4, 0.5) is 11.4 Å². The van der Waals surface area contributed by atoms with E-state index in [0.29, 0.717) is 35.6 Å². The van der Waals surface area contributed by atoms with Crippen LogP contribution in [0.5, 0.6) is 0 Å². The molecule has 5 heterocycles. The van der Waals surface area contributed by atoms with Crippen LogP contribution in [0.1, 0.15) is 151 Å². The van der Waals surface area contributed by atoms with E-state index >= 15 is 0 Å². The van der Waals surface area contributed by atoms with Crippen LogP contribution in [-0.4, -0.2) is 75.2 Å². The van der Waals surface area contributed by atoms with Crippen LogP contribution in [0.2, 0.25) is 0 Å². The molecule has 9 rings (SSSR count). The number of nitrogens with one attached hydrogen (secondary N) is 2. The number of nitrogens with zero attached hydrogens (tertiary/aromatic N) is 4. The van der Waals surface area contributed by atoms with Gasteiger partial charge in [0.25, 0.3) is 23.6 Å². The fraction of sp³-hybridized carbons (Fsp3) is 0.379. The Balaban J connectivity index is 0.000000168. The smallest absolute Gasteiger partial charge is 0.399 e. The summed E-state index contributed by atoms with van der Waals surface area (Å²) >= 11 is 0. The van der Waals surface area contributed by atoms with E-state index in [0.717, 1.165) is 93.0 Å². The van der Waals surface area contributed by atoms with Crippen LogP contribution in [-0.2, 0) is 18.9 Å². The van der Waals surface area contributed by atoms with Gasteiger partial charge in [-0.1, -0.05) is 110 Å². The van der Waals surface area contributed by atoms with Gasteiger partial charge in [-0.05, 0) is 140 Å². The van der Waals surface area contributed by atoms with Gasteiger partial charge in [-0.2, -0.15) is 0 Å². The van der Waals surface area contributed by atoms with E-state index in [1.54, 1.807) is 40.1 Å². The van der Waals surface area contributed by atoms with Gasteiger partial charge < -0.3 is 38.8 Å². The molecule has 0 aliphatic carbocycles. The second-order valence-corrected chi connectivity index (χ2v) is 20.0. The first-order valence-corrected chi connectivity index (χ1v) is 25.2. The summed E-state index contributed by atoms with van der Waals surface area (Å²) in [5, 5.41) is 13.9. The first kappa shape index (κ1) is 53.7. The number of amides is 4. The van der Waals surface area contributed by atoms with Crippen molar-refractivity contribution in [3.05, 3.63) is 153 Å². The predicted molar refractivity (Wildman–Crippen MR) is 287 cm³/mol. The lowest BCUT2D eigenvalue weighted by molar-refractivity contribution is -0.121. The topological polar surface area (TPSA) is 169 Å². The Kier molecular flexibility index (Phi) is 16.4. The summed E-state index contributed by atoms with van der Waals surface area (Å²) in [5.41, 5.74) is 10.8.